The highest BCUT2D eigenvalue weighted by molar-refractivity contribution is 6.32. The SMILES string of the molecule is Cn1c(-c2ccc(F)cc2C(F)(F)F)nnc1C(C)(C)Oc1ccc(N)cc1Cl. The number of alkyl halides is 3. The number of hydrogen-bond acceptors (Lipinski definition) is 4. The van der Waals surface area contributed by atoms with Crippen LogP contribution < -0.4 is 10.5 Å². The molecule has 10 heteroatoms. The number of aromatic nitrogens is 3. The molecular weight excluding hydrogens is 412 g/mol. The fraction of sp³-hybridized carbons (Fsp3) is 0.263. The van der Waals surface area contributed by atoms with E-state index in [1.165, 1.54) is 17.7 Å². The van der Waals surface area contributed by atoms with Gasteiger partial charge in [-0.05, 0) is 50.2 Å². The van der Waals surface area contributed by atoms with Crippen LogP contribution in [0.2, 0.25) is 5.02 Å². The number of hydrogen-bond donors (Lipinski definition) is 1. The number of halogens is 5. The van der Waals surface area contributed by atoms with Gasteiger partial charge in [0.05, 0.1) is 10.6 Å². The van der Waals surface area contributed by atoms with Gasteiger partial charge in [0, 0.05) is 18.3 Å². The van der Waals surface area contributed by atoms with Crippen molar-refractivity contribution >= 4 is 17.3 Å². The number of anilines is 1. The van der Waals surface area contributed by atoms with Crippen LogP contribution in [0.4, 0.5) is 23.2 Å². The molecule has 3 rings (SSSR count). The summed E-state index contributed by atoms with van der Waals surface area (Å²) in [5.74, 6) is -0.497. The summed E-state index contributed by atoms with van der Waals surface area (Å²) in [5, 5.41) is 8.18. The zero-order valence-corrected chi connectivity index (χ0v) is 16.4. The van der Waals surface area contributed by atoms with Gasteiger partial charge >= 0.3 is 6.18 Å². The molecule has 0 unspecified atom stereocenters. The molecule has 1 aromatic heterocycles. The van der Waals surface area contributed by atoms with Crippen LogP contribution in [0.1, 0.15) is 25.2 Å². The van der Waals surface area contributed by atoms with Crippen LogP contribution in [-0.4, -0.2) is 14.8 Å². The van der Waals surface area contributed by atoms with E-state index >= 15 is 0 Å². The van der Waals surface area contributed by atoms with Crippen molar-refractivity contribution in [2.24, 2.45) is 7.05 Å². The monoisotopic (exact) mass is 428 g/mol. The van der Waals surface area contributed by atoms with E-state index in [0.717, 1.165) is 12.1 Å². The molecule has 2 N–H and O–H groups in total. The van der Waals surface area contributed by atoms with Gasteiger partial charge in [-0.1, -0.05) is 11.6 Å². The molecule has 0 aliphatic rings. The van der Waals surface area contributed by atoms with Crippen LogP contribution in [-0.2, 0) is 18.8 Å². The number of nitrogen functional groups attached to an aromatic ring is 1. The Morgan fingerprint density at radius 1 is 1.07 bits per heavy atom. The summed E-state index contributed by atoms with van der Waals surface area (Å²) >= 11 is 6.14. The lowest BCUT2D eigenvalue weighted by Gasteiger charge is -2.26. The number of nitrogens with zero attached hydrogens (tertiary/aromatic N) is 3. The summed E-state index contributed by atoms with van der Waals surface area (Å²) in [6.07, 6.45) is -4.76. The summed E-state index contributed by atoms with van der Waals surface area (Å²) in [5.41, 5.74) is 3.60. The second kappa shape index (κ2) is 7.22. The van der Waals surface area contributed by atoms with Gasteiger partial charge in [-0.2, -0.15) is 13.2 Å². The Labute approximate surface area is 169 Å². The van der Waals surface area contributed by atoms with Crippen molar-refractivity contribution in [3.05, 3.63) is 58.6 Å². The smallest absolute Gasteiger partial charge is 0.417 e. The van der Waals surface area contributed by atoms with Crippen molar-refractivity contribution in [2.75, 3.05) is 5.73 Å². The van der Waals surface area contributed by atoms with E-state index in [2.05, 4.69) is 10.2 Å². The van der Waals surface area contributed by atoms with Gasteiger partial charge in [-0.3, -0.25) is 0 Å². The summed E-state index contributed by atoms with van der Waals surface area (Å²) < 4.78 is 60.8. The van der Waals surface area contributed by atoms with Gasteiger partial charge in [-0.25, -0.2) is 4.39 Å². The highest BCUT2D eigenvalue weighted by Gasteiger charge is 2.37. The molecular formula is C19H17ClF4N4O. The third-order valence-corrected chi connectivity index (χ3v) is 4.56. The molecule has 154 valence electrons. The van der Waals surface area contributed by atoms with Crippen molar-refractivity contribution in [1.82, 2.24) is 14.8 Å². The topological polar surface area (TPSA) is 66.0 Å². The van der Waals surface area contributed by atoms with Crippen molar-refractivity contribution in [3.8, 4) is 17.1 Å². The first-order valence-corrected chi connectivity index (χ1v) is 8.79. The van der Waals surface area contributed by atoms with Crippen LogP contribution in [0.5, 0.6) is 5.75 Å². The third-order valence-electron chi connectivity index (χ3n) is 4.26. The molecule has 29 heavy (non-hydrogen) atoms. The van der Waals surface area contributed by atoms with Crippen molar-refractivity contribution in [2.45, 2.75) is 25.6 Å². The van der Waals surface area contributed by atoms with E-state index < -0.39 is 23.2 Å². The average molecular weight is 429 g/mol. The van der Waals surface area contributed by atoms with E-state index in [1.54, 1.807) is 26.0 Å². The maximum atomic E-state index is 13.4. The van der Waals surface area contributed by atoms with Gasteiger partial charge in [0.2, 0.25) is 0 Å². The Balaban J connectivity index is 2.04. The van der Waals surface area contributed by atoms with Crippen LogP contribution in [0.15, 0.2) is 36.4 Å². The number of benzene rings is 2. The van der Waals surface area contributed by atoms with E-state index in [0.29, 0.717) is 17.5 Å². The zero-order chi connectivity index (χ0) is 21.6. The van der Waals surface area contributed by atoms with E-state index in [4.69, 9.17) is 22.1 Å². The summed E-state index contributed by atoms with van der Waals surface area (Å²) in [4.78, 5) is 0. The van der Waals surface area contributed by atoms with Crippen LogP contribution >= 0.6 is 11.6 Å². The minimum Gasteiger partial charge on any atom is -0.478 e. The predicted molar refractivity (Wildman–Crippen MR) is 101 cm³/mol. The standard InChI is InChI=1S/C19H17ClF4N4O/c1-18(2,29-15-7-5-11(25)9-14(15)20)17-27-26-16(28(17)3)12-6-4-10(21)8-13(12)19(22,23)24/h4-9H,25H2,1-3H3. The third kappa shape index (κ3) is 4.14. The first kappa shape index (κ1) is 20.9. The Hall–Kier alpha value is -2.81. The molecule has 1 heterocycles. The van der Waals surface area contributed by atoms with Crippen molar-refractivity contribution in [3.63, 3.8) is 0 Å². The first-order chi connectivity index (χ1) is 13.4. The Morgan fingerprint density at radius 2 is 1.76 bits per heavy atom. The molecule has 0 saturated carbocycles. The fourth-order valence-corrected chi connectivity index (χ4v) is 3.18. The molecule has 0 atom stereocenters. The molecule has 0 aliphatic heterocycles. The van der Waals surface area contributed by atoms with Gasteiger partial charge in [0.15, 0.2) is 17.2 Å². The Bertz CT molecular complexity index is 1060. The molecule has 0 amide bonds. The Morgan fingerprint density at radius 3 is 2.38 bits per heavy atom. The molecule has 2 aromatic carbocycles. The average Bonchev–Trinajstić information content (AvgIpc) is 2.99. The highest BCUT2D eigenvalue weighted by Crippen LogP contribution is 2.38. The van der Waals surface area contributed by atoms with E-state index in [1.807, 2.05) is 0 Å². The second-order valence-electron chi connectivity index (χ2n) is 6.90. The van der Waals surface area contributed by atoms with Gasteiger partial charge < -0.3 is 15.0 Å². The zero-order valence-electron chi connectivity index (χ0n) is 15.7. The minimum absolute atomic E-state index is 0.0765. The largest absolute Gasteiger partial charge is 0.478 e. The van der Waals surface area contributed by atoms with E-state index in [-0.39, 0.29) is 22.2 Å². The lowest BCUT2D eigenvalue weighted by molar-refractivity contribution is -0.137. The van der Waals surface area contributed by atoms with Gasteiger partial charge in [0.25, 0.3) is 0 Å². The van der Waals surface area contributed by atoms with Crippen molar-refractivity contribution < 1.29 is 22.3 Å². The van der Waals surface area contributed by atoms with Crippen LogP contribution in [0, 0.1) is 5.82 Å². The molecule has 0 spiro atoms. The lowest BCUT2D eigenvalue weighted by Crippen LogP contribution is -2.29. The highest BCUT2D eigenvalue weighted by atomic mass is 35.5. The molecule has 0 saturated heterocycles. The van der Waals surface area contributed by atoms with Crippen molar-refractivity contribution in [1.29, 1.82) is 0 Å². The molecule has 5 nitrogen and oxygen atoms in total. The number of rotatable bonds is 4. The maximum Gasteiger partial charge on any atom is 0.417 e. The summed E-state index contributed by atoms with van der Waals surface area (Å²) in [6, 6.07) is 7.10. The normalized spacial score (nSPS) is 12.3. The minimum atomic E-state index is -4.76. The predicted octanol–water partition coefficient (Wildman–Crippen LogP) is 5.19. The fourth-order valence-electron chi connectivity index (χ4n) is 2.95. The number of ether oxygens (including phenoxy) is 1. The molecule has 0 aliphatic carbocycles. The molecule has 3 aromatic rings. The number of nitrogens with two attached hydrogens (primary N) is 1. The molecule has 0 bridgehead atoms. The molecule has 0 fully saturated rings. The van der Waals surface area contributed by atoms with Gasteiger partial charge in [0.1, 0.15) is 11.6 Å². The first-order valence-electron chi connectivity index (χ1n) is 8.41. The van der Waals surface area contributed by atoms with Gasteiger partial charge in [-0.15, -0.1) is 10.2 Å². The Kier molecular flexibility index (Phi) is 5.20. The van der Waals surface area contributed by atoms with Crippen LogP contribution in [0.3, 0.4) is 0 Å². The quantitative estimate of drug-likeness (QED) is 0.459. The maximum absolute atomic E-state index is 13.4. The molecule has 0 radical (unpaired) electrons. The summed E-state index contributed by atoms with van der Waals surface area (Å²) in [6.45, 7) is 3.34. The van der Waals surface area contributed by atoms with E-state index in [9.17, 15) is 17.6 Å². The summed E-state index contributed by atoms with van der Waals surface area (Å²) in [7, 11) is 1.50. The van der Waals surface area contributed by atoms with Crippen LogP contribution in [0.25, 0.3) is 11.4 Å². The second-order valence-corrected chi connectivity index (χ2v) is 7.30. The lowest BCUT2D eigenvalue weighted by atomic mass is 10.1.